The highest BCUT2D eigenvalue weighted by molar-refractivity contribution is 5.94. The SMILES string of the molecule is CC(=O)c1cccc(Cc2ccc(O)cc2C)c1. The van der Waals surface area contributed by atoms with Crippen LogP contribution in [0.5, 0.6) is 5.75 Å². The maximum absolute atomic E-state index is 11.3. The standard InChI is InChI=1S/C16H16O2/c1-11-8-16(18)7-6-14(11)9-13-4-3-5-15(10-13)12(2)17/h3-8,10,18H,9H2,1-2H3. The molecule has 0 unspecified atom stereocenters. The molecule has 2 heteroatoms. The summed E-state index contributed by atoms with van der Waals surface area (Å²) in [7, 11) is 0. The van der Waals surface area contributed by atoms with Gasteiger partial charge in [0.25, 0.3) is 0 Å². The van der Waals surface area contributed by atoms with E-state index in [1.54, 1.807) is 19.1 Å². The molecule has 0 aliphatic rings. The predicted octanol–water partition coefficient (Wildman–Crippen LogP) is 3.49. The summed E-state index contributed by atoms with van der Waals surface area (Å²) in [4.78, 5) is 11.3. The van der Waals surface area contributed by atoms with E-state index in [-0.39, 0.29) is 11.5 Å². The number of phenols is 1. The van der Waals surface area contributed by atoms with Crippen LogP contribution in [0.25, 0.3) is 0 Å². The molecule has 0 amide bonds. The molecule has 18 heavy (non-hydrogen) atoms. The Morgan fingerprint density at radius 2 is 1.94 bits per heavy atom. The number of phenolic OH excluding ortho intramolecular Hbond substituents is 1. The molecule has 2 nitrogen and oxygen atoms in total. The summed E-state index contributed by atoms with van der Waals surface area (Å²) in [6.07, 6.45) is 0.771. The third-order valence-electron chi connectivity index (χ3n) is 3.05. The highest BCUT2D eigenvalue weighted by Crippen LogP contribution is 2.19. The Balaban J connectivity index is 2.28. The van der Waals surface area contributed by atoms with Gasteiger partial charge in [0.15, 0.2) is 5.78 Å². The summed E-state index contributed by atoms with van der Waals surface area (Å²) in [5.74, 6) is 0.369. The van der Waals surface area contributed by atoms with Crippen LogP contribution in [0.3, 0.4) is 0 Å². The summed E-state index contributed by atoms with van der Waals surface area (Å²) in [5, 5.41) is 9.38. The summed E-state index contributed by atoms with van der Waals surface area (Å²) >= 11 is 0. The van der Waals surface area contributed by atoms with Gasteiger partial charge in [-0.15, -0.1) is 0 Å². The first-order valence-corrected chi connectivity index (χ1v) is 5.94. The second-order valence-electron chi connectivity index (χ2n) is 4.54. The minimum Gasteiger partial charge on any atom is -0.508 e. The van der Waals surface area contributed by atoms with Gasteiger partial charge in [-0.3, -0.25) is 4.79 Å². The molecule has 0 atom stereocenters. The van der Waals surface area contributed by atoms with Crippen LogP contribution in [0, 0.1) is 6.92 Å². The molecular formula is C16H16O2. The molecule has 0 heterocycles. The van der Waals surface area contributed by atoms with E-state index in [4.69, 9.17) is 0 Å². The first-order valence-electron chi connectivity index (χ1n) is 5.94. The minimum atomic E-state index is 0.0827. The van der Waals surface area contributed by atoms with Gasteiger partial charge in [-0.1, -0.05) is 24.3 Å². The van der Waals surface area contributed by atoms with E-state index in [2.05, 4.69) is 0 Å². The van der Waals surface area contributed by atoms with Gasteiger partial charge in [-0.25, -0.2) is 0 Å². The van der Waals surface area contributed by atoms with Crippen molar-refractivity contribution in [3.8, 4) is 5.75 Å². The van der Waals surface area contributed by atoms with Gasteiger partial charge in [-0.05, 0) is 55.2 Å². The van der Waals surface area contributed by atoms with Crippen LogP contribution in [0.1, 0.15) is 34.0 Å². The highest BCUT2D eigenvalue weighted by Gasteiger charge is 2.04. The fourth-order valence-electron chi connectivity index (χ4n) is 2.00. The number of carbonyl (C=O) groups excluding carboxylic acids is 1. The van der Waals surface area contributed by atoms with E-state index in [1.807, 2.05) is 37.3 Å². The summed E-state index contributed by atoms with van der Waals surface area (Å²) < 4.78 is 0. The fraction of sp³-hybridized carbons (Fsp3) is 0.188. The molecule has 0 saturated carbocycles. The third-order valence-corrected chi connectivity index (χ3v) is 3.05. The minimum absolute atomic E-state index is 0.0827. The summed E-state index contributed by atoms with van der Waals surface area (Å²) in [5.41, 5.74) is 4.07. The zero-order chi connectivity index (χ0) is 13.1. The lowest BCUT2D eigenvalue weighted by Gasteiger charge is -2.07. The zero-order valence-electron chi connectivity index (χ0n) is 10.6. The van der Waals surface area contributed by atoms with E-state index >= 15 is 0 Å². The molecule has 2 aromatic carbocycles. The topological polar surface area (TPSA) is 37.3 Å². The molecule has 0 aromatic heterocycles. The Hall–Kier alpha value is -2.09. The van der Waals surface area contributed by atoms with Crippen LogP contribution in [-0.2, 0) is 6.42 Å². The van der Waals surface area contributed by atoms with Crippen LogP contribution in [0.2, 0.25) is 0 Å². The average Bonchev–Trinajstić information content (AvgIpc) is 2.33. The number of hydrogen-bond acceptors (Lipinski definition) is 2. The summed E-state index contributed by atoms with van der Waals surface area (Å²) in [6.45, 7) is 3.55. The Labute approximate surface area is 107 Å². The number of ketones is 1. The van der Waals surface area contributed by atoms with E-state index in [9.17, 15) is 9.90 Å². The molecule has 0 spiro atoms. The number of carbonyl (C=O) groups is 1. The fourth-order valence-corrected chi connectivity index (χ4v) is 2.00. The van der Waals surface area contributed by atoms with Crippen LogP contribution in [-0.4, -0.2) is 10.9 Å². The van der Waals surface area contributed by atoms with Crippen molar-refractivity contribution < 1.29 is 9.90 Å². The molecular weight excluding hydrogens is 224 g/mol. The molecule has 0 aliphatic carbocycles. The van der Waals surface area contributed by atoms with Crippen molar-refractivity contribution in [2.45, 2.75) is 20.3 Å². The molecule has 2 rings (SSSR count). The van der Waals surface area contributed by atoms with Crippen molar-refractivity contribution in [3.05, 3.63) is 64.7 Å². The normalized spacial score (nSPS) is 10.3. The molecule has 0 aliphatic heterocycles. The number of rotatable bonds is 3. The molecule has 2 aromatic rings. The number of Topliss-reactive ketones (excluding diaryl/α,β-unsaturated/α-hetero) is 1. The van der Waals surface area contributed by atoms with Gasteiger partial charge in [0.1, 0.15) is 5.75 Å². The third kappa shape index (κ3) is 2.77. The number of aromatic hydroxyl groups is 1. The van der Waals surface area contributed by atoms with E-state index in [1.165, 1.54) is 0 Å². The van der Waals surface area contributed by atoms with Crippen molar-refractivity contribution >= 4 is 5.78 Å². The van der Waals surface area contributed by atoms with Crippen molar-refractivity contribution in [2.24, 2.45) is 0 Å². The second-order valence-corrected chi connectivity index (χ2v) is 4.54. The average molecular weight is 240 g/mol. The van der Waals surface area contributed by atoms with Gasteiger partial charge < -0.3 is 5.11 Å². The summed E-state index contributed by atoms with van der Waals surface area (Å²) in [6, 6.07) is 13.0. The van der Waals surface area contributed by atoms with Crippen LogP contribution >= 0.6 is 0 Å². The molecule has 92 valence electrons. The van der Waals surface area contributed by atoms with Gasteiger partial charge in [0.05, 0.1) is 0 Å². The highest BCUT2D eigenvalue weighted by atomic mass is 16.3. The van der Waals surface area contributed by atoms with Crippen LogP contribution < -0.4 is 0 Å². The number of hydrogen-bond donors (Lipinski definition) is 1. The first-order chi connectivity index (χ1) is 8.56. The lowest BCUT2D eigenvalue weighted by atomic mass is 9.98. The lowest BCUT2D eigenvalue weighted by molar-refractivity contribution is 0.101. The quantitative estimate of drug-likeness (QED) is 0.834. The molecule has 0 bridgehead atoms. The van der Waals surface area contributed by atoms with E-state index in [0.717, 1.165) is 28.7 Å². The largest absolute Gasteiger partial charge is 0.508 e. The van der Waals surface area contributed by atoms with Crippen molar-refractivity contribution in [1.82, 2.24) is 0 Å². The number of aryl methyl sites for hydroxylation is 1. The first kappa shape index (κ1) is 12.4. The molecule has 0 radical (unpaired) electrons. The van der Waals surface area contributed by atoms with E-state index < -0.39 is 0 Å². The van der Waals surface area contributed by atoms with Crippen molar-refractivity contribution in [3.63, 3.8) is 0 Å². The Kier molecular flexibility index (Phi) is 3.47. The maximum atomic E-state index is 11.3. The van der Waals surface area contributed by atoms with Crippen molar-refractivity contribution in [1.29, 1.82) is 0 Å². The van der Waals surface area contributed by atoms with Crippen LogP contribution in [0.4, 0.5) is 0 Å². The van der Waals surface area contributed by atoms with Gasteiger partial charge >= 0.3 is 0 Å². The van der Waals surface area contributed by atoms with Gasteiger partial charge in [0.2, 0.25) is 0 Å². The Morgan fingerprint density at radius 1 is 1.17 bits per heavy atom. The smallest absolute Gasteiger partial charge is 0.159 e. The Bertz CT molecular complexity index is 585. The maximum Gasteiger partial charge on any atom is 0.159 e. The van der Waals surface area contributed by atoms with E-state index in [0.29, 0.717) is 0 Å². The predicted molar refractivity (Wildman–Crippen MR) is 72.1 cm³/mol. The molecule has 0 fully saturated rings. The molecule has 1 N–H and O–H groups in total. The van der Waals surface area contributed by atoms with Crippen LogP contribution in [0.15, 0.2) is 42.5 Å². The monoisotopic (exact) mass is 240 g/mol. The zero-order valence-corrected chi connectivity index (χ0v) is 10.6. The van der Waals surface area contributed by atoms with Gasteiger partial charge in [0, 0.05) is 5.56 Å². The van der Waals surface area contributed by atoms with Crippen molar-refractivity contribution in [2.75, 3.05) is 0 Å². The lowest BCUT2D eigenvalue weighted by Crippen LogP contribution is -1.96. The number of benzene rings is 2. The van der Waals surface area contributed by atoms with Gasteiger partial charge in [-0.2, -0.15) is 0 Å². The Morgan fingerprint density at radius 3 is 2.61 bits per heavy atom. The molecule has 0 saturated heterocycles. The second kappa shape index (κ2) is 5.05.